The van der Waals surface area contributed by atoms with Crippen LogP contribution >= 0.6 is 0 Å². The summed E-state index contributed by atoms with van der Waals surface area (Å²) >= 11 is 0. The van der Waals surface area contributed by atoms with Crippen LogP contribution in [-0.4, -0.2) is 43.7 Å². The van der Waals surface area contributed by atoms with E-state index in [1.54, 1.807) is 7.11 Å². The number of halogens is 1. The standard InChI is InChI=1S/C15H24FN3O2/c1-4-19(11(2)10-21-3)8-7-15(20)18-12-5-6-13(16)14(17)9-12/h5-6,9,11H,4,7-8,10,17H2,1-3H3,(H,18,20). The molecule has 6 heteroatoms. The molecule has 1 rings (SSSR count). The van der Waals surface area contributed by atoms with Crippen molar-refractivity contribution in [3.63, 3.8) is 0 Å². The summed E-state index contributed by atoms with van der Waals surface area (Å²) in [5, 5.41) is 2.72. The number of likely N-dealkylation sites (N-methyl/N-ethyl adjacent to an activating group) is 1. The lowest BCUT2D eigenvalue weighted by Crippen LogP contribution is -2.38. The van der Waals surface area contributed by atoms with Gasteiger partial charge in [-0.3, -0.25) is 9.69 Å². The van der Waals surface area contributed by atoms with E-state index in [4.69, 9.17) is 10.5 Å². The molecule has 0 fully saturated rings. The van der Waals surface area contributed by atoms with Gasteiger partial charge >= 0.3 is 0 Å². The molecule has 118 valence electrons. The summed E-state index contributed by atoms with van der Waals surface area (Å²) in [4.78, 5) is 14.1. The number of hydrogen-bond acceptors (Lipinski definition) is 4. The predicted molar refractivity (Wildman–Crippen MR) is 82.6 cm³/mol. The SMILES string of the molecule is CCN(CCC(=O)Nc1ccc(F)c(N)c1)C(C)COC. The van der Waals surface area contributed by atoms with Crippen molar-refractivity contribution in [1.29, 1.82) is 0 Å². The van der Waals surface area contributed by atoms with Crippen LogP contribution in [-0.2, 0) is 9.53 Å². The molecular formula is C15H24FN3O2. The van der Waals surface area contributed by atoms with Crippen molar-refractivity contribution in [3.05, 3.63) is 24.0 Å². The first kappa shape index (κ1) is 17.4. The molecule has 0 saturated heterocycles. The van der Waals surface area contributed by atoms with Crippen molar-refractivity contribution in [2.45, 2.75) is 26.3 Å². The predicted octanol–water partition coefficient (Wildman–Crippen LogP) is 2.09. The van der Waals surface area contributed by atoms with Gasteiger partial charge < -0.3 is 15.8 Å². The number of anilines is 2. The lowest BCUT2D eigenvalue weighted by atomic mass is 10.2. The molecule has 0 spiro atoms. The summed E-state index contributed by atoms with van der Waals surface area (Å²) in [6.07, 6.45) is 0.360. The van der Waals surface area contributed by atoms with Gasteiger partial charge in [0.2, 0.25) is 5.91 Å². The Kier molecular flexibility index (Phi) is 7.11. The molecule has 3 N–H and O–H groups in total. The second kappa shape index (κ2) is 8.59. The molecule has 0 aliphatic rings. The van der Waals surface area contributed by atoms with E-state index in [-0.39, 0.29) is 17.6 Å². The maximum Gasteiger partial charge on any atom is 0.225 e. The Bertz CT molecular complexity index is 468. The third-order valence-electron chi connectivity index (χ3n) is 3.34. The first-order chi connectivity index (χ1) is 9.97. The van der Waals surface area contributed by atoms with Crippen LogP contribution in [0, 0.1) is 5.82 Å². The number of carbonyl (C=O) groups excluding carboxylic acids is 1. The summed E-state index contributed by atoms with van der Waals surface area (Å²) in [6.45, 7) is 6.23. The molecule has 1 aromatic carbocycles. The zero-order valence-corrected chi connectivity index (χ0v) is 12.9. The minimum absolute atomic E-state index is 0.0247. The van der Waals surface area contributed by atoms with Crippen molar-refractivity contribution in [1.82, 2.24) is 4.90 Å². The number of carbonyl (C=O) groups is 1. The Morgan fingerprint density at radius 3 is 2.81 bits per heavy atom. The number of ether oxygens (including phenoxy) is 1. The number of nitrogens with two attached hydrogens (primary N) is 1. The van der Waals surface area contributed by atoms with Gasteiger partial charge in [0.1, 0.15) is 5.82 Å². The van der Waals surface area contributed by atoms with Gasteiger partial charge in [0.25, 0.3) is 0 Å². The van der Waals surface area contributed by atoms with Crippen molar-refractivity contribution >= 4 is 17.3 Å². The van der Waals surface area contributed by atoms with E-state index in [1.165, 1.54) is 18.2 Å². The average molecular weight is 297 g/mol. The van der Waals surface area contributed by atoms with Crippen molar-refractivity contribution in [3.8, 4) is 0 Å². The molecule has 0 heterocycles. The number of hydrogen-bond donors (Lipinski definition) is 2. The van der Waals surface area contributed by atoms with Crippen molar-refractivity contribution < 1.29 is 13.9 Å². The fraction of sp³-hybridized carbons (Fsp3) is 0.533. The van der Waals surface area contributed by atoms with E-state index in [0.717, 1.165) is 6.54 Å². The lowest BCUT2D eigenvalue weighted by molar-refractivity contribution is -0.116. The zero-order chi connectivity index (χ0) is 15.8. The molecule has 0 aliphatic carbocycles. The van der Waals surface area contributed by atoms with Gasteiger partial charge in [-0.1, -0.05) is 6.92 Å². The van der Waals surface area contributed by atoms with Gasteiger partial charge in [-0.2, -0.15) is 0 Å². The molecule has 0 bridgehead atoms. The van der Waals surface area contributed by atoms with Crippen LogP contribution in [0.4, 0.5) is 15.8 Å². The quantitative estimate of drug-likeness (QED) is 0.721. The molecule has 5 nitrogen and oxygen atoms in total. The van der Waals surface area contributed by atoms with Gasteiger partial charge in [-0.25, -0.2) is 4.39 Å². The maximum absolute atomic E-state index is 13.0. The third kappa shape index (κ3) is 5.69. The summed E-state index contributed by atoms with van der Waals surface area (Å²) in [5.74, 6) is -0.609. The zero-order valence-electron chi connectivity index (χ0n) is 12.9. The normalized spacial score (nSPS) is 12.4. The molecule has 0 aromatic heterocycles. The van der Waals surface area contributed by atoms with Crippen molar-refractivity contribution in [2.24, 2.45) is 0 Å². The second-order valence-electron chi connectivity index (χ2n) is 4.97. The highest BCUT2D eigenvalue weighted by Crippen LogP contribution is 2.16. The lowest BCUT2D eigenvalue weighted by Gasteiger charge is -2.26. The van der Waals surface area contributed by atoms with E-state index < -0.39 is 5.82 Å². The first-order valence-electron chi connectivity index (χ1n) is 7.05. The van der Waals surface area contributed by atoms with Crippen LogP contribution < -0.4 is 11.1 Å². The number of methoxy groups -OCH3 is 1. The number of rotatable bonds is 8. The average Bonchev–Trinajstić information content (AvgIpc) is 2.44. The van der Waals surface area contributed by atoms with E-state index in [0.29, 0.717) is 25.3 Å². The molecule has 0 saturated carbocycles. The molecule has 1 atom stereocenters. The number of nitrogens with zero attached hydrogens (tertiary/aromatic N) is 1. The van der Waals surface area contributed by atoms with Gasteiger partial charge in [0.05, 0.1) is 12.3 Å². The van der Waals surface area contributed by atoms with Crippen LogP contribution in [0.15, 0.2) is 18.2 Å². The molecule has 1 amide bonds. The van der Waals surface area contributed by atoms with Crippen LogP contribution in [0.1, 0.15) is 20.3 Å². The number of amides is 1. The fourth-order valence-electron chi connectivity index (χ4n) is 2.13. The van der Waals surface area contributed by atoms with E-state index in [2.05, 4.69) is 17.1 Å². The Balaban J connectivity index is 2.47. The Morgan fingerprint density at radius 1 is 1.52 bits per heavy atom. The largest absolute Gasteiger partial charge is 0.396 e. The van der Waals surface area contributed by atoms with Crippen LogP contribution in [0.5, 0.6) is 0 Å². The summed E-state index contributed by atoms with van der Waals surface area (Å²) in [7, 11) is 1.66. The van der Waals surface area contributed by atoms with Crippen molar-refractivity contribution in [2.75, 3.05) is 37.9 Å². The summed E-state index contributed by atoms with van der Waals surface area (Å²) in [6, 6.07) is 4.41. The van der Waals surface area contributed by atoms with Gasteiger partial charge in [-0.15, -0.1) is 0 Å². The number of nitrogen functional groups attached to an aromatic ring is 1. The molecule has 1 aromatic rings. The molecular weight excluding hydrogens is 273 g/mol. The van der Waals surface area contributed by atoms with Crippen LogP contribution in [0.2, 0.25) is 0 Å². The Hall–Kier alpha value is -1.66. The van der Waals surface area contributed by atoms with Gasteiger partial charge in [0, 0.05) is 31.8 Å². The molecule has 1 unspecified atom stereocenters. The molecule has 21 heavy (non-hydrogen) atoms. The monoisotopic (exact) mass is 297 g/mol. The maximum atomic E-state index is 13.0. The van der Waals surface area contributed by atoms with Gasteiger partial charge in [0.15, 0.2) is 0 Å². The minimum Gasteiger partial charge on any atom is -0.396 e. The highest BCUT2D eigenvalue weighted by atomic mass is 19.1. The van der Waals surface area contributed by atoms with E-state index >= 15 is 0 Å². The smallest absolute Gasteiger partial charge is 0.225 e. The third-order valence-corrected chi connectivity index (χ3v) is 3.34. The number of nitrogens with one attached hydrogen (secondary N) is 1. The summed E-state index contributed by atoms with van der Waals surface area (Å²) in [5.41, 5.74) is 6.00. The second-order valence-corrected chi connectivity index (χ2v) is 4.97. The van der Waals surface area contributed by atoms with E-state index in [9.17, 15) is 9.18 Å². The first-order valence-corrected chi connectivity index (χ1v) is 7.05. The Labute approximate surface area is 125 Å². The molecule has 0 radical (unpaired) electrons. The highest BCUT2D eigenvalue weighted by Gasteiger charge is 2.13. The van der Waals surface area contributed by atoms with Gasteiger partial charge in [-0.05, 0) is 31.7 Å². The summed E-state index contributed by atoms with van der Waals surface area (Å²) < 4.78 is 18.2. The fourth-order valence-corrected chi connectivity index (χ4v) is 2.13. The van der Waals surface area contributed by atoms with E-state index in [1.807, 2.05) is 6.92 Å². The minimum atomic E-state index is -0.487. The topological polar surface area (TPSA) is 67.6 Å². The Morgan fingerprint density at radius 2 is 2.24 bits per heavy atom. The number of benzene rings is 1. The molecule has 0 aliphatic heterocycles. The van der Waals surface area contributed by atoms with Crippen LogP contribution in [0.25, 0.3) is 0 Å². The van der Waals surface area contributed by atoms with Crippen LogP contribution in [0.3, 0.4) is 0 Å². The highest BCUT2D eigenvalue weighted by molar-refractivity contribution is 5.91.